The molecule has 2 rings (SSSR count). The molecule has 19 heavy (non-hydrogen) atoms. The van der Waals surface area contributed by atoms with Gasteiger partial charge in [-0.05, 0) is 0 Å². The molecule has 0 aliphatic carbocycles. The zero-order valence-electron chi connectivity index (χ0n) is 9.90. The smallest absolute Gasteiger partial charge is 0.358 e. The Labute approximate surface area is 106 Å². The first kappa shape index (κ1) is 12.7. The van der Waals surface area contributed by atoms with E-state index in [-0.39, 0.29) is 24.7 Å². The van der Waals surface area contributed by atoms with Crippen LogP contribution in [-0.2, 0) is 17.9 Å². The van der Waals surface area contributed by atoms with Gasteiger partial charge in [0.25, 0.3) is 0 Å². The maximum atomic E-state index is 11.5. The van der Waals surface area contributed by atoms with Gasteiger partial charge in [0, 0.05) is 6.92 Å². The van der Waals surface area contributed by atoms with Crippen LogP contribution >= 0.6 is 0 Å². The molecule has 100 valence electrons. The Bertz CT molecular complexity index is 603. The van der Waals surface area contributed by atoms with E-state index in [2.05, 4.69) is 25.8 Å². The minimum absolute atomic E-state index is 0.122. The van der Waals surface area contributed by atoms with Crippen LogP contribution in [-0.4, -0.2) is 42.1 Å². The fraction of sp³-hybridized carbons (Fsp3) is 0.333. The summed E-state index contributed by atoms with van der Waals surface area (Å²) in [6.45, 7) is 1.62. The summed E-state index contributed by atoms with van der Waals surface area (Å²) in [5.74, 6) is -0.805. The largest absolute Gasteiger partial charge is 0.476 e. The number of aromatic carboxylic acids is 1. The monoisotopic (exact) mass is 266 g/mol. The van der Waals surface area contributed by atoms with Crippen molar-refractivity contribution >= 4 is 11.9 Å². The zero-order chi connectivity index (χ0) is 13.8. The highest BCUT2D eigenvalue weighted by atomic mass is 16.5. The van der Waals surface area contributed by atoms with Crippen LogP contribution in [0.15, 0.2) is 10.7 Å². The maximum absolute atomic E-state index is 11.5. The molecular formula is C9H10N6O4. The summed E-state index contributed by atoms with van der Waals surface area (Å²) in [5, 5.41) is 21.7. The van der Waals surface area contributed by atoms with Gasteiger partial charge in [0.05, 0.1) is 12.7 Å². The molecule has 2 N–H and O–H groups in total. The van der Waals surface area contributed by atoms with Gasteiger partial charge < -0.3 is 14.9 Å². The lowest BCUT2D eigenvalue weighted by Crippen LogP contribution is -2.27. The molecule has 0 atom stereocenters. The van der Waals surface area contributed by atoms with Crippen LogP contribution in [0.25, 0.3) is 0 Å². The van der Waals surface area contributed by atoms with E-state index in [1.54, 1.807) is 6.92 Å². The molecule has 0 aliphatic rings. The highest BCUT2D eigenvalue weighted by Gasteiger charge is 2.11. The summed E-state index contributed by atoms with van der Waals surface area (Å²) in [6.07, 6.45) is 1.17. The van der Waals surface area contributed by atoms with E-state index in [4.69, 9.17) is 9.63 Å². The molecule has 10 heteroatoms. The van der Waals surface area contributed by atoms with Crippen LogP contribution in [0.5, 0.6) is 0 Å². The minimum Gasteiger partial charge on any atom is -0.476 e. The van der Waals surface area contributed by atoms with Crippen molar-refractivity contribution in [1.82, 2.24) is 30.5 Å². The van der Waals surface area contributed by atoms with E-state index in [9.17, 15) is 9.59 Å². The predicted molar refractivity (Wildman–Crippen MR) is 57.9 cm³/mol. The number of carbonyl (C=O) groups excluding carboxylic acids is 1. The van der Waals surface area contributed by atoms with Crippen molar-refractivity contribution in [2.24, 2.45) is 0 Å². The molecule has 0 saturated heterocycles. The summed E-state index contributed by atoms with van der Waals surface area (Å²) >= 11 is 0. The molecular weight excluding hydrogens is 256 g/mol. The van der Waals surface area contributed by atoms with Crippen molar-refractivity contribution in [1.29, 1.82) is 0 Å². The third kappa shape index (κ3) is 3.34. The molecule has 0 unspecified atom stereocenters. The van der Waals surface area contributed by atoms with E-state index in [0.29, 0.717) is 11.7 Å². The van der Waals surface area contributed by atoms with Crippen molar-refractivity contribution in [3.8, 4) is 0 Å². The predicted octanol–water partition coefficient (Wildman–Crippen LogP) is -1.02. The van der Waals surface area contributed by atoms with Gasteiger partial charge >= 0.3 is 5.97 Å². The lowest BCUT2D eigenvalue weighted by Gasteiger charge is -2.01. The SMILES string of the molecule is Cc1nc(CNC(=O)Cn2cc(C(=O)O)nn2)no1. The van der Waals surface area contributed by atoms with E-state index in [0.717, 1.165) is 4.68 Å². The van der Waals surface area contributed by atoms with Crippen molar-refractivity contribution in [3.05, 3.63) is 23.6 Å². The number of carboxylic acids is 1. The molecule has 2 heterocycles. The Balaban J connectivity index is 1.85. The second kappa shape index (κ2) is 5.25. The fourth-order valence-electron chi connectivity index (χ4n) is 1.27. The van der Waals surface area contributed by atoms with Gasteiger partial charge in [0.1, 0.15) is 6.54 Å². The average Bonchev–Trinajstić information content (AvgIpc) is 2.96. The quantitative estimate of drug-likeness (QED) is 0.702. The van der Waals surface area contributed by atoms with E-state index >= 15 is 0 Å². The molecule has 10 nitrogen and oxygen atoms in total. The van der Waals surface area contributed by atoms with Crippen molar-refractivity contribution in [2.75, 3.05) is 0 Å². The normalized spacial score (nSPS) is 10.4. The van der Waals surface area contributed by atoms with Gasteiger partial charge in [-0.3, -0.25) is 4.79 Å². The van der Waals surface area contributed by atoms with Crippen LogP contribution < -0.4 is 5.32 Å². The second-order valence-electron chi connectivity index (χ2n) is 3.61. The third-order valence-electron chi connectivity index (χ3n) is 2.08. The first-order valence-electron chi connectivity index (χ1n) is 5.24. The molecule has 0 fully saturated rings. The lowest BCUT2D eigenvalue weighted by atomic mass is 10.5. The highest BCUT2D eigenvalue weighted by Crippen LogP contribution is 1.95. The molecule has 0 spiro atoms. The Morgan fingerprint density at radius 3 is 2.89 bits per heavy atom. The number of rotatable bonds is 5. The first-order valence-corrected chi connectivity index (χ1v) is 5.24. The number of amides is 1. The van der Waals surface area contributed by atoms with Gasteiger partial charge in [-0.1, -0.05) is 10.4 Å². The number of carboxylic acid groups (broad SMARTS) is 1. The van der Waals surface area contributed by atoms with Crippen LogP contribution in [0.3, 0.4) is 0 Å². The molecule has 0 bridgehead atoms. The molecule has 0 aliphatic heterocycles. The topological polar surface area (TPSA) is 136 Å². The summed E-state index contributed by atoms with van der Waals surface area (Å²) in [5.41, 5.74) is -0.221. The minimum atomic E-state index is -1.20. The van der Waals surface area contributed by atoms with E-state index in [1.165, 1.54) is 6.20 Å². The number of nitrogens with one attached hydrogen (secondary N) is 1. The zero-order valence-corrected chi connectivity index (χ0v) is 9.90. The number of hydrogen-bond donors (Lipinski definition) is 2. The molecule has 0 saturated carbocycles. The van der Waals surface area contributed by atoms with Gasteiger partial charge in [0.2, 0.25) is 11.8 Å². The summed E-state index contributed by atoms with van der Waals surface area (Å²) in [6, 6.07) is 0. The Hall–Kier alpha value is -2.78. The van der Waals surface area contributed by atoms with Gasteiger partial charge in [-0.15, -0.1) is 5.10 Å². The average molecular weight is 266 g/mol. The third-order valence-corrected chi connectivity index (χ3v) is 2.08. The maximum Gasteiger partial charge on any atom is 0.358 e. The fourth-order valence-corrected chi connectivity index (χ4v) is 1.27. The number of aryl methyl sites for hydroxylation is 1. The molecule has 2 aromatic rings. The van der Waals surface area contributed by atoms with Crippen LogP contribution in [0, 0.1) is 6.92 Å². The molecule has 2 aromatic heterocycles. The van der Waals surface area contributed by atoms with Gasteiger partial charge in [0.15, 0.2) is 11.5 Å². The second-order valence-corrected chi connectivity index (χ2v) is 3.61. The Morgan fingerprint density at radius 2 is 2.32 bits per heavy atom. The number of aromatic nitrogens is 5. The molecule has 1 amide bonds. The number of hydrogen-bond acceptors (Lipinski definition) is 7. The summed E-state index contributed by atoms with van der Waals surface area (Å²) < 4.78 is 5.86. The van der Waals surface area contributed by atoms with Crippen molar-refractivity contribution in [2.45, 2.75) is 20.0 Å². The lowest BCUT2D eigenvalue weighted by molar-refractivity contribution is -0.122. The van der Waals surface area contributed by atoms with Gasteiger partial charge in [-0.2, -0.15) is 4.98 Å². The highest BCUT2D eigenvalue weighted by molar-refractivity contribution is 5.84. The first-order chi connectivity index (χ1) is 9.04. The van der Waals surface area contributed by atoms with E-state index in [1.807, 2.05) is 0 Å². The van der Waals surface area contributed by atoms with Crippen LogP contribution in [0.4, 0.5) is 0 Å². The van der Waals surface area contributed by atoms with Gasteiger partial charge in [-0.25, -0.2) is 9.48 Å². The van der Waals surface area contributed by atoms with Crippen molar-refractivity contribution < 1.29 is 19.2 Å². The standard InChI is InChI=1S/C9H10N6O4/c1-5-11-7(13-19-5)2-10-8(16)4-15-3-6(9(17)18)12-14-15/h3H,2,4H2,1H3,(H,10,16)(H,17,18). The molecule has 0 radical (unpaired) electrons. The summed E-state index contributed by atoms with van der Waals surface area (Å²) in [4.78, 5) is 26.0. The number of carbonyl (C=O) groups is 2. The van der Waals surface area contributed by atoms with Crippen LogP contribution in [0.1, 0.15) is 22.2 Å². The Morgan fingerprint density at radius 1 is 1.53 bits per heavy atom. The van der Waals surface area contributed by atoms with Crippen LogP contribution in [0.2, 0.25) is 0 Å². The van der Waals surface area contributed by atoms with Crippen molar-refractivity contribution in [3.63, 3.8) is 0 Å². The van der Waals surface area contributed by atoms with E-state index < -0.39 is 5.97 Å². The Kier molecular flexibility index (Phi) is 3.50. The summed E-state index contributed by atoms with van der Waals surface area (Å²) in [7, 11) is 0. The molecule has 0 aromatic carbocycles. The number of nitrogens with zero attached hydrogens (tertiary/aromatic N) is 5.